The Labute approximate surface area is 84.2 Å². The van der Waals surface area contributed by atoms with Crippen molar-refractivity contribution in [2.45, 2.75) is 25.3 Å². The average Bonchev–Trinajstić information content (AvgIpc) is 2.03. The molecule has 1 aliphatic carbocycles. The molecule has 0 saturated carbocycles. The van der Waals surface area contributed by atoms with Crippen molar-refractivity contribution >= 4 is 12.4 Å². The van der Waals surface area contributed by atoms with Crippen LogP contribution >= 0.6 is 12.4 Å². The molecule has 0 spiro atoms. The van der Waals surface area contributed by atoms with Crippen molar-refractivity contribution in [3.8, 4) is 5.75 Å². The third-order valence-corrected chi connectivity index (χ3v) is 2.46. The maximum atomic E-state index is 9.23. The molecule has 13 heavy (non-hydrogen) atoms. The van der Waals surface area contributed by atoms with E-state index in [2.05, 4.69) is 0 Å². The van der Waals surface area contributed by atoms with Gasteiger partial charge in [0.05, 0.1) is 0 Å². The van der Waals surface area contributed by atoms with Crippen LogP contribution in [0.15, 0.2) is 18.2 Å². The van der Waals surface area contributed by atoms with Crippen LogP contribution in [0.3, 0.4) is 0 Å². The van der Waals surface area contributed by atoms with Crippen molar-refractivity contribution in [2.24, 2.45) is 5.73 Å². The molecule has 1 aromatic rings. The summed E-state index contributed by atoms with van der Waals surface area (Å²) in [6.45, 7) is 0. The number of rotatable bonds is 0. The van der Waals surface area contributed by atoms with Gasteiger partial charge in [-0.15, -0.1) is 12.4 Å². The first-order valence-electron chi connectivity index (χ1n) is 4.32. The Balaban J connectivity index is 0.000000845. The van der Waals surface area contributed by atoms with Crippen LogP contribution < -0.4 is 5.73 Å². The highest BCUT2D eigenvalue weighted by Crippen LogP contribution is 2.23. The quantitative estimate of drug-likeness (QED) is 0.667. The molecule has 0 heterocycles. The lowest BCUT2D eigenvalue weighted by molar-refractivity contribution is 0.472. The van der Waals surface area contributed by atoms with Crippen LogP contribution in [-0.2, 0) is 12.8 Å². The summed E-state index contributed by atoms with van der Waals surface area (Å²) >= 11 is 0. The highest BCUT2D eigenvalue weighted by atomic mass is 35.5. The van der Waals surface area contributed by atoms with Crippen LogP contribution in [0.2, 0.25) is 0 Å². The van der Waals surface area contributed by atoms with Crippen LogP contribution in [0.4, 0.5) is 0 Å². The summed E-state index contributed by atoms with van der Waals surface area (Å²) in [6.07, 6.45) is 3.03. The number of aryl methyl sites for hydroxylation is 1. The monoisotopic (exact) mass is 199 g/mol. The number of phenols is 1. The largest absolute Gasteiger partial charge is 0.508 e. The van der Waals surface area contributed by atoms with Crippen LogP contribution in [0.25, 0.3) is 0 Å². The SMILES string of the molecule is Cl.NC1CCc2ccc(O)cc2C1. The van der Waals surface area contributed by atoms with Crippen molar-refractivity contribution in [2.75, 3.05) is 0 Å². The van der Waals surface area contributed by atoms with Crippen LogP contribution in [0, 0.1) is 0 Å². The lowest BCUT2D eigenvalue weighted by Gasteiger charge is -2.21. The summed E-state index contributed by atoms with van der Waals surface area (Å²) in [7, 11) is 0. The fraction of sp³-hybridized carbons (Fsp3) is 0.400. The van der Waals surface area contributed by atoms with E-state index in [0.717, 1.165) is 19.3 Å². The predicted molar refractivity (Wildman–Crippen MR) is 55.4 cm³/mol. The van der Waals surface area contributed by atoms with Gasteiger partial charge < -0.3 is 10.8 Å². The maximum absolute atomic E-state index is 9.23. The molecule has 0 saturated heterocycles. The number of phenolic OH excluding ortho intramolecular Hbond substituents is 1. The van der Waals surface area contributed by atoms with Gasteiger partial charge in [0.15, 0.2) is 0 Å². The smallest absolute Gasteiger partial charge is 0.115 e. The van der Waals surface area contributed by atoms with Gasteiger partial charge in [0.25, 0.3) is 0 Å². The molecule has 3 heteroatoms. The zero-order chi connectivity index (χ0) is 8.55. The van der Waals surface area contributed by atoms with Gasteiger partial charge in [0.1, 0.15) is 5.75 Å². The number of fused-ring (bicyclic) bond motifs is 1. The molecule has 0 bridgehead atoms. The number of hydrogen-bond donors (Lipinski definition) is 2. The molecule has 72 valence electrons. The summed E-state index contributed by atoms with van der Waals surface area (Å²) in [4.78, 5) is 0. The first kappa shape index (κ1) is 10.4. The topological polar surface area (TPSA) is 46.2 Å². The Morgan fingerprint density at radius 1 is 1.31 bits per heavy atom. The number of aromatic hydroxyl groups is 1. The lowest BCUT2D eigenvalue weighted by atomic mass is 9.89. The van der Waals surface area contributed by atoms with Gasteiger partial charge in [0, 0.05) is 6.04 Å². The Bertz CT molecular complexity index is 301. The highest BCUT2D eigenvalue weighted by molar-refractivity contribution is 5.85. The summed E-state index contributed by atoms with van der Waals surface area (Å²) < 4.78 is 0. The molecular weight excluding hydrogens is 186 g/mol. The second-order valence-electron chi connectivity index (χ2n) is 3.46. The third kappa shape index (κ3) is 2.14. The van der Waals surface area contributed by atoms with E-state index in [-0.39, 0.29) is 18.4 Å². The summed E-state index contributed by atoms with van der Waals surface area (Å²) in [6, 6.07) is 5.85. The summed E-state index contributed by atoms with van der Waals surface area (Å²) in [5, 5.41) is 9.23. The fourth-order valence-corrected chi connectivity index (χ4v) is 1.77. The van der Waals surface area contributed by atoms with E-state index in [4.69, 9.17) is 5.73 Å². The molecule has 3 N–H and O–H groups in total. The molecule has 1 aliphatic rings. The molecule has 2 rings (SSSR count). The van der Waals surface area contributed by atoms with Gasteiger partial charge in [-0.1, -0.05) is 6.07 Å². The first-order valence-corrected chi connectivity index (χ1v) is 4.32. The summed E-state index contributed by atoms with van der Waals surface area (Å²) in [5.74, 6) is 0.350. The molecule has 1 aromatic carbocycles. The van der Waals surface area contributed by atoms with E-state index in [1.54, 1.807) is 6.07 Å². The third-order valence-electron chi connectivity index (χ3n) is 2.46. The van der Waals surface area contributed by atoms with Crippen molar-refractivity contribution < 1.29 is 5.11 Å². The number of nitrogens with two attached hydrogens (primary N) is 1. The Kier molecular flexibility index (Phi) is 3.17. The standard InChI is InChI=1S/C10H13NO.ClH/c11-9-3-1-7-2-4-10(12)6-8(7)5-9;/h2,4,6,9,12H,1,3,5,11H2;1H. The molecule has 0 fully saturated rings. The van der Waals surface area contributed by atoms with Gasteiger partial charge >= 0.3 is 0 Å². The number of benzene rings is 1. The highest BCUT2D eigenvalue weighted by Gasteiger charge is 2.14. The molecular formula is C10H14ClNO. The molecule has 0 radical (unpaired) electrons. The normalized spacial score (nSPS) is 20.2. The molecule has 0 aliphatic heterocycles. The van der Waals surface area contributed by atoms with Crippen molar-refractivity contribution in [3.63, 3.8) is 0 Å². The second kappa shape index (κ2) is 3.99. The molecule has 0 amide bonds. The Morgan fingerprint density at radius 2 is 2.08 bits per heavy atom. The maximum Gasteiger partial charge on any atom is 0.115 e. The number of halogens is 1. The summed E-state index contributed by atoms with van der Waals surface area (Å²) in [5.41, 5.74) is 8.38. The van der Waals surface area contributed by atoms with Gasteiger partial charge in [0.2, 0.25) is 0 Å². The first-order chi connectivity index (χ1) is 5.75. The second-order valence-corrected chi connectivity index (χ2v) is 3.46. The predicted octanol–water partition coefficient (Wildman–Crippen LogP) is 1.63. The van der Waals surface area contributed by atoms with E-state index in [9.17, 15) is 5.11 Å². The molecule has 1 unspecified atom stereocenters. The minimum atomic E-state index is 0. The lowest BCUT2D eigenvalue weighted by Crippen LogP contribution is -2.27. The average molecular weight is 200 g/mol. The zero-order valence-electron chi connectivity index (χ0n) is 7.36. The van der Waals surface area contributed by atoms with Crippen LogP contribution in [-0.4, -0.2) is 11.1 Å². The van der Waals surface area contributed by atoms with Gasteiger partial charge in [-0.05, 0) is 42.5 Å². The number of hydrogen-bond acceptors (Lipinski definition) is 2. The van der Waals surface area contributed by atoms with Crippen molar-refractivity contribution in [3.05, 3.63) is 29.3 Å². The van der Waals surface area contributed by atoms with Gasteiger partial charge in [-0.25, -0.2) is 0 Å². The minimum Gasteiger partial charge on any atom is -0.508 e. The fourth-order valence-electron chi connectivity index (χ4n) is 1.77. The van der Waals surface area contributed by atoms with Crippen molar-refractivity contribution in [1.29, 1.82) is 0 Å². The van der Waals surface area contributed by atoms with E-state index >= 15 is 0 Å². The van der Waals surface area contributed by atoms with Crippen LogP contribution in [0.5, 0.6) is 5.75 Å². The van der Waals surface area contributed by atoms with Crippen molar-refractivity contribution in [1.82, 2.24) is 0 Å². The minimum absolute atomic E-state index is 0. The van der Waals surface area contributed by atoms with E-state index in [1.165, 1.54) is 11.1 Å². The van der Waals surface area contributed by atoms with E-state index in [0.29, 0.717) is 5.75 Å². The molecule has 2 nitrogen and oxygen atoms in total. The zero-order valence-corrected chi connectivity index (χ0v) is 8.18. The van der Waals surface area contributed by atoms with Gasteiger partial charge in [-0.3, -0.25) is 0 Å². The van der Waals surface area contributed by atoms with E-state index in [1.807, 2.05) is 12.1 Å². The van der Waals surface area contributed by atoms with E-state index < -0.39 is 0 Å². The Morgan fingerprint density at radius 3 is 2.85 bits per heavy atom. The van der Waals surface area contributed by atoms with Crippen LogP contribution in [0.1, 0.15) is 17.5 Å². The van der Waals surface area contributed by atoms with Gasteiger partial charge in [-0.2, -0.15) is 0 Å². The Hall–Kier alpha value is -0.730. The molecule has 0 aromatic heterocycles. The molecule has 1 atom stereocenters.